The van der Waals surface area contributed by atoms with Gasteiger partial charge >= 0.3 is 0 Å². The first-order chi connectivity index (χ1) is 7.49. The highest BCUT2D eigenvalue weighted by atomic mass is 32.2. The van der Waals surface area contributed by atoms with Crippen molar-refractivity contribution in [2.45, 2.75) is 25.5 Å². The van der Waals surface area contributed by atoms with Gasteiger partial charge in [0, 0.05) is 13.1 Å². The Labute approximate surface area is 97.9 Å². The highest BCUT2D eigenvalue weighted by Crippen LogP contribution is 2.15. The third kappa shape index (κ3) is 3.69. The SMILES string of the molecule is CCN1CCC(CNS(=O)(=O)C(C)CO)C1. The minimum Gasteiger partial charge on any atom is -0.395 e. The number of sulfonamides is 1. The molecule has 2 N–H and O–H groups in total. The van der Waals surface area contributed by atoms with Gasteiger partial charge < -0.3 is 10.0 Å². The van der Waals surface area contributed by atoms with Crippen LogP contribution in [0.25, 0.3) is 0 Å². The number of nitrogens with zero attached hydrogens (tertiary/aromatic N) is 1. The Morgan fingerprint density at radius 2 is 2.25 bits per heavy atom. The van der Waals surface area contributed by atoms with Gasteiger partial charge in [-0.05, 0) is 32.4 Å². The zero-order valence-electron chi connectivity index (χ0n) is 10.0. The highest BCUT2D eigenvalue weighted by molar-refractivity contribution is 7.90. The van der Waals surface area contributed by atoms with E-state index < -0.39 is 15.3 Å². The molecule has 1 aliphatic heterocycles. The Kier molecular flexibility index (Phi) is 5.17. The predicted octanol–water partition coefficient (Wildman–Crippen LogP) is -0.372. The molecular formula is C10H22N2O3S. The molecule has 0 aromatic carbocycles. The maximum atomic E-state index is 11.6. The number of aliphatic hydroxyl groups excluding tert-OH is 1. The second kappa shape index (κ2) is 5.95. The molecular weight excluding hydrogens is 228 g/mol. The van der Waals surface area contributed by atoms with E-state index in [-0.39, 0.29) is 6.61 Å². The largest absolute Gasteiger partial charge is 0.395 e. The van der Waals surface area contributed by atoms with Crippen molar-refractivity contribution in [3.05, 3.63) is 0 Å². The van der Waals surface area contributed by atoms with Crippen LogP contribution in [0.3, 0.4) is 0 Å². The molecule has 0 aromatic heterocycles. The average molecular weight is 250 g/mol. The van der Waals surface area contributed by atoms with Gasteiger partial charge in [-0.1, -0.05) is 6.92 Å². The monoisotopic (exact) mass is 250 g/mol. The lowest BCUT2D eigenvalue weighted by Crippen LogP contribution is -2.38. The van der Waals surface area contributed by atoms with E-state index in [4.69, 9.17) is 5.11 Å². The summed E-state index contributed by atoms with van der Waals surface area (Å²) < 4.78 is 25.8. The van der Waals surface area contributed by atoms with Crippen molar-refractivity contribution < 1.29 is 13.5 Å². The first-order valence-electron chi connectivity index (χ1n) is 5.81. The van der Waals surface area contributed by atoms with Crippen molar-refractivity contribution >= 4 is 10.0 Å². The molecule has 0 radical (unpaired) electrons. The summed E-state index contributed by atoms with van der Waals surface area (Å²) in [6.45, 7) is 6.82. The molecule has 1 rings (SSSR count). The smallest absolute Gasteiger partial charge is 0.216 e. The summed E-state index contributed by atoms with van der Waals surface area (Å²) in [5, 5.41) is 8.09. The molecule has 0 aromatic rings. The Balaban J connectivity index is 2.35. The zero-order valence-corrected chi connectivity index (χ0v) is 10.8. The molecule has 1 heterocycles. The van der Waals surface area contributed by atoms with E-state index in [0.717, 1.165) is 26.1 Å². The second-order valence-corrected chi connectivity index (χ2v) is 6.62. The van der Waals surface area contributed by atoms with Crippen molar-refractivity contribution in [2.24, 2.45) is 5.92 Å². The summed E-state index contributed by atoms with van der Waals surface area (Å²) in [5.41, 5.74) is 0. The molecule has 5 nitrogen and oxygen atoms in total. The van der Waals surface area contributed by atoms with Gasteiger partial charge in [0.2, 0.25) is 10.0 Å². The molecule has 1 fully saturated rings. The molecule has 0 spiro atoms. The maximum absolute atomic E-state index is 11.6. The van der Waals surface area contributed by atoms with Crippen molar-refractivity contribution in [3.63, 3.8) is 0 Å². The standard InChI is InChI=1S/C10H22N2O3S/c1-3-12-5-4-10(7-12)6-11-16(14,15)9(2)8-13/h9-11,13H,3-8H2,1-2H3. The molecule has 0 saturated carbocycles. The van der Waals surface area contributed by atoms with Gasteiger partial charge in [-0.15, -0.1) is 0 Å². The summed E-state index contributed by atoms with van der Waals surface area (Å²) in [7, 11) is -3.34. The fourth-order valence-electron chi connectivity index (χ4n) is 1.84. The number of aliphatic hydroxyl groups is 1. The molecule has 2 atom stereocenters. The van der Waals surface area contributed by atoms with Crippen molar-refractivity contribution in [1.29, 1.82) is 0 Å². The predicted molar refractivity (Wildman–Crippen MR) is 63.7 cm³/mol. The third-order valence-electron chi connectivity index (χ3n) is 3.18. The second-order valence-electron chi connectivity index (χ2n) is 4.43. The Bertz CT molecular complexity index is 305. The highest BCUT2D eigenvalue weighted by Gasteiger charge is 2.25. The molecule has 0 amide bonds. The number of hydrogen-bond donors (Lipinski definition) is 2. The van der Waals surface area contributed by atoms with Crippen LogP contribution in [0, 0.1) is 5.92 Å². The Hall–Kier alpha value is -0.170. The zero-order chi connectivity index (χ0) is 12.2. The van der Waals surface area contributed by atoms with Crippen LogP contribution in [-0.4, -0.2) is 56.5 Å². The van der Waals surface area contributed by atoms with Crippen LogP contribution < -0.4 is 4.72 Å². The lowest BCUT2D eigenvalue weighted by molar-refractivity contribution is 0.294. The van der Waals surface area contributed by atoms with E-state index in [2.05, 4.69) is 16.5 Å². The van der Waals surface area contributed by atoms with Crippen LogP contribution in [0.2, 0.25) is 0 Å². The van der Waals surface area contributed by atoms with Gasteiger partial charge in [0.25, 0.3) is 0 Å². The fourth-order valence-corrected chi connectivity index (χ4v) is 2.79. The van der Waals surface area contributed by atoms with Crippen LogP contribution >= 0.6 is 0 Å². The van der Waals surface area contributed by atoms with Gasteiger partial charge in [-0.2, -0.15) is 0 Å². The van der Waals surface area contributed by atoms with Crippen LogP contribution in [0.1, 0.15) is 20.3 Å². The van der Waals surface area contributed by atoms with Gasteiger partial charge in [-0.3, -0.25) is 0 Å². The molecule has 1 saturated heterocycles. The summed E-state index contributed by atoms with van der Waals surface area (Å²) in [6.07, 6.45) is 1.05. The molecule has 0 bridgehead atoms. The molecule has 0 aliphatic carbocycles. The Morgan fingerprint density at radius 3 is 2.75 bits per heavy atom. The minimum absolute atomic E-state index is 0.332. The van der Waals surface area contributed by atoms with E-state index in [1.807, 2.05) is 0 Å². The first-order valence-corrected chi connectivity index (χ1v) is 7.36. The molecule has 16 heavy (non-hydrogen) atoms. The van der Waals surface area contributed by atoms with Crippen molar-refractivity contribution in [2.75, 3.05) is 32.8 Å². The molecule has 1 aliphatic rings. The molecule has 2 unspecified atom stereocenters. The lowest BCUT2D eigenvalue weighted by atomic mass is 10.1. The summed E-state index contributed by atoms with van der Waals surface area (Å²) >= 11 is 0. The fraction of sp³-hybridized carbons (Fsp3) is 1.00. The van der Waals surface area contributed by atoms with Crippen LogP contribution in [-0.2, 0) is 10.0 Å². The minimum atomic E-state index is -3.34. The average Bonchev–Trinajstić information content (AvgIpc) is 2.73. The summed E-state index contributed by atoms with van der Waals surface area (Å²) in [5.74, 6) is 0.403. The van der Waals surface area contributed by atoms with Crippen LogP contribution in [0.5, 0.6) is 0 Å². The molecule has 96 valence electrons. The van der Waals surface area contributed by atoms with Gasteiger partial charge in [0.05, 0.1) is 11.9 Å². The van der Waals surface area contributed by atoms with Gasteiger partial charge in [0.15, 0.2) is 0 Å². The molecule has 6 heteroatoms. The normalized spacial score (nSPS) is 24.8. The van der Waals surface area contributed by atoms with Crippen molar-refractivity contribution in [1.82, 2.24) is 9.62 Å². The summed E-state index contributed by atoms with van der Waals surface area (Å²) in [4.78, 5) is 2.31. The van der Waals surface area contributed by atoms with Crippen LogP contribution in [0.15, 0.2) is 0 Å². The number of rotatable bonds is 6. The summed E-state index contributed by atoms with van der Waals surface area (Å²) in [6, 6.07) is 0. The quantitative estimate of drug-likeness (QED) is 0.675. The maximum Gasteiger partial charge on any atom is 0.216 e. The topological polar surface area (TPSA) is 69.6 Å². The number of nitrogens with one attached hydrogen (secondary N) is 1. The van der Waals surface area contributed by atoms with E-state index >= 15 is 0 Å². The Morgan fingerprint density at radius 1 is 1.56 bits per heavy atom. The lowest BCUT2D eigenvalue weighted by Gasteiger charge is -2.15. The van der Waals surface area contributed by atoms with Gasteiger partial charge in [-0.25, -0.2) is 13.1 Å². The first kappa shape index (κ1) is 13.9. The van der Waals surface area contributed by atoms with E-state index in [0.29, 0.717) is 12.5 Å². The van der Waals surface area contributed by atoms with Crippen LogP contribution in [0.4, 0.5) is 0 Å². The third-order valence-corrected chi connectivity index (χ3v) is 4.95. The van der Waals surface area contributed by atoms with E-state index in [9.17, 15) is 8.42 Å². The van der Waals surface area contributed by atoms with Gasteiger partial charge in [0.1, 0.15) is 0 Å². The number of hydrogen-bond acceptors (Lipinski definition) is 4. The number of likely N-dealkylation sites (tertiary alicyclic amines) is 1. The van der Waals surface area contributed by atoms with Crippen molar-refractivity contribution in [3.8, 4) is 0 Å². The van der Waals surface area contributed by atoms with E-state index in [1.165, 1.54) is 6.92 Å². The van der Waals surface area contributed by atoms with E-state index in [1.54, 1.807) is 0 Å².